The lowest BCUT2D eigenvalue weighted by molar-refractivity contribution is -0.111. The molecule has 0 saturated carbocycles. The fourth-order valence-corrected chi connectivity index (χ4v) is 3.15. The Bertz CT molecular complexity index is 869. The monoisotopic (exact) mass is 393 g/mol. The summed E-state index contributed by atoms with van der Waals surface area (Å²) in [6, 6.07) is 14.6. The molecule has 2 aromatic carbocycles. The van der Waals surface area contributed by atoms with Gasteiger partial charge in [0.1, 0.15) is 5.75 Å². The van der Waals surface area contributed by atoms with Crippen LogP contribution in [0.4, 0.5) is 5.69 Å². The molecular formula is C23H27N3O3. The standard InChI is InChI=1S/C23H27N3O3/c1-3-29-19-11-8-18(9-12-19)10-13-22(27)24-21-7-5-4-6-20(21)23(28)26-16-14-25(2)15-17-26/h4-13H,3,14-17H2,1-2H3,(H,24,27)/b13-10+. The van der Waals surface area contributed by atoms with Gasteiger partial charge in [-0.15, -0.1) is 0 Å². The number of likely N-dealkylation sites (N-methyl/N-ethyl adjacent to an activating group) is 1. The van der Waals surface area contributed by atoms with E-state index in [-0.39, 0.29) is 11.8 Å². The smallest absolute Gasteiger partial charge is 0.256 e. The van der Waals surface area contributed by atoms with Crippen LogP contribution in [-0.2, 0) is 4.79 Å². The minimum absolute atomic E-state index is 0.0514. The third-order valence-corrected chi connectivity index (χ3v) is 4.82. The molecule has 1 heterocycles. The summed E-state index contributed by atoms with van der Waals surface area (Å²) in [5, 5.41) is 2.83. The van der Waals surface area contributed by atoms with Crippen LogP contribution in [-0.4, -0.2) is 61.4 Å². The quantitative estimate of drug-likeness (QED) is 0.766. The molecule has 152 valence electrons. The molecule has 0 unspecified atom stereocenters. The molecule has 0 bridgehead atoms. The van der Waals surface area contributed by atoms with Gasteiger partial charge < -0.3 is 19.9 Å². The van der Waals surface area contributed by atoms with Gasteiger partial charge in [0.05, 0.1) is 17.9 Å². The first-order chi connectivity index (χ1) is 14.1. The van der Waals surface area contributed by atoms with Crippen molar-refractivity contribution in [1.82, 2.24) is 9.80 Å². The van der Waals surface area contributed by atoms with Gasteiger partial charge in [-0.3, -0.25) is 9.59 Å². The summed E-state index contributed by atoms with van der Waals surface area (Å²) in [4.78, 5) is 29.3. The van der Waals surface area contributed by atoms with Crippen molar-refractivity contribution in [2.24, 2.45) is 0 Å². The van der Waals surface area contributed by atoms with Crippen molar-refractivity contribution in [2.75, 3.05) is 45.2 Å². The molecule has 1 N–H and O–H groups in total. The molecule has 6 nitrogen and oxygen atoms in total. The van der Waals surface area contributed by atoms with Crippen molar-refractivity contribution < 1.29 is 14.3 Å². The molecule has 1 saturated heterocycles. The van der Waals surface area contributed by atoms with E-state index in [1.807, 2.05) is 55.3 Å². The first-order valence-corrected chi connectivity index (χ1v) is 9.85. The number of anilines is 1. The van der Waals surface area contributed by atoms with Crippen molar-refractivity contribution in [3.63, 3.8) is 0 Å². The zero-order valence-corrected chi connectivity index (χ0v) is 16.9. The average molecular weight is 393 g/mol. The fourth-order valence-electron chi connectivity index (χ4n) is 3.15. The van der Waals surface area contributed by atoms with E-state index in [2.05, 4.69) is 10.2 Å². The van der Waals surface area contributed by atoms with Crippen molar-refractivity contribution in [3.8, 4) is 5.75 Å². The van der Waals surface area contributed by atoms with Gasteiger partial charge >= 0.3 is 0 Å². The Hall–Kier alpha value is -3.12. The first kappa shape index (κ1) is 20.6. The number of para-hydroxylation sites is 1. The van der Waals surface area contributed by atoms with Gasteiger partial charge in [-0.2, -0.15) is 0 Å². The van der Waals surface area contributed by atoms with Gasteiger partial charge in [-0.1, -0.05) is 24.3 Å². The average Bonchev–Trinajstić information content (AvgIpc) is 2.74. The van der Waals surface area contributed by atoms with E-state index in [1.165, 1.54) is 6.08 Å². The molecule has 1 fully saturated rings. The molecular weight excluding hydrogens is 366 g/mol. The second kappa shape index (κ2) is 9.89. The van der Waals surface area contributed by atoms with Crippen LogP contribution in [0.1, 0.15) is 22.8 Å². The second-order valence-electron chi connectivity index (χ2n) is 6.97. The van der Waals surface area contributed by atoms with Gasteiger partial charge in [0.2, 0.25) is 5.91 Å². The number of amides is 2. The number of hydrogen-bond acceptors (Lipinski definition) is 4. The minimum Gasteiger partial charge on any atom is -0.494 e. The van der Waals surface area contributed by atoms with Crippen LogP contribution < -0.4 is 10.1 Å². The van der Waals surface area contributed by atoms with Crippen LogP contribution in [0.2, 0.25) is 0 Å². The number of nitrogens with one attached hydrogen (secondary N) is 1. The van der Waals surface area contributed by atoms with E-state index in [0.717, 1.165) is 24.4 Å². The van der Waals surface area contributed by atoms with E-state index >= 15 is 0 Å². The third kappa shape index (κ3) is 5.68. The number of nitrogens with zero attached hydrogens (tertiary/aromatic N) is 2. The van der Waals surface area contributed by atoms with Crippen LogP contribution in [0.15, 0.2) is 54.6 Å². The number of ether oxygens (including phenoxy) is 1. The number of carbonyl (C=O) groups is 2. The lowest BCUT2D eigenvalue weighted by Gasteiger charge is -2.32. The highest BCUT2D eigenvalue weighted by atomic mass is 16.5. The Balaban J connectivity index is 1.65. The Kier molecular flexibility index (Phi) is 7.03. The molecule has 0 aromatic heterocycles. The number of carbonyl (C=O) groups excluding carboxylic acids is 2. The van der Waals surface area contributed by atoms with Gasteiger partial charge in [0.25, 0.3) is 5.91 Å². The van der Waals surface area contributed by atoms with E-state index in [0.29, 0.717) is 30.9 Å². The molecule has 2 amide bonds. The van der Waals surface area contributed by atoms with Crippen LogP contribution in [0.25, 0.3) is 6.08 Å². The van der Waals surface area contributed by atoms with Crippen LogP contribution in [0.3, 0.4) is 0 Å². The maximum Gasteiger partial charge on any atom is 0.256 e. The summed E-state index contributed by atoms with van der Waals surface area (Å²) < 4.78 is 5.41. The Morgan fingerprint density at radius 2 is 1.72 bits per heavy atom. The summed E-state index contributed by atoms with van der Waals surface area (Å²) in [5.41, 5.74) is 1.93. The Morgan fingerprint density at radius 3 is 2.41 bits per heavy atom. The highest BCUT2D eigenvalue weighted by Crippen LogP contribution is 2.19. The van der Waals surface area contributed by atoms with Crippen molar-refractivity contribution in [2.45, 2.75) is 6.92 Å². The highest BCUT2D eigenvalue weighted by Gasteiger charge is 2.22. The van der Waals surface area contributed by atoms with Crippen LogP contribution in [0, 0.1) is 0 Å². The molecule has 3 rings (SSSR count). The van der Waals surface area contributed by atoms with E-state index in [9.17, 15) is 9.59 Å². The molecule has 0 radical (unpaired) electrons. The maximum absolute atomic E-state index is 12.9. The molecule has 0 aliphatic carbocycles. The summed E-state index contributed by atoms with van der Waals surface area (Å²) >= 11 is 0. The summed E-state index contributed by atoms with van der Waals surface area (Å²) in [5.74, 6) is 0.465. The predicted octanol–water partition coefficient (Wildman–Crippen LogP) is 3.12. The molecule has 0 atom stereocenters. The molecule has 0 spiro atoms. The normalized spacial score (nSPS) is 14.8. The second-order valence-corrected chi connectivity index (χ2v) is 6.97. The number of hydrogen-bond donors (Lipinski definition) is 1. The fraction of sp³-hybridized carbons (Fsp3) is 0.304. The lowest BCUT2D eigenvalue weighted by atomic mass is 10.1. The number of benzene rings is 2. The van der Waals surface area contributed by atoms with Gasteiger partial charge in [0, 0.05) is 32.3 Å². The van der Waals surface area contributed by atoms with E-state index < -0.39 is 0 Å². The lowest BCUT2D eigenvalue weighted by Crippen LogP contribution is -2.47. The zero-order valence-electron chi connectivity index (χ0n) is 16.9. The molecule has 6 heteroatoms. The van der Waals surface area contributed by atoms with E-state index in [1.54, 1.807) is 18.2 Å². The van der Waals surface area contributed by atoms with Crippen LogP contribution in [0.5, 0.6) is 5.75 Å². The molecule has 29 heavy (non-hydrogen) atoms. The van der Waals surface area contributed by atoms with Crippen LogP contribution >= 0.6 is 0 Å². The van der Waals surface area contributed by atoms with Crippen molar-refractivity contribution in [3.05, 3.63) is 65.7 Å². The zero-order chi connectivity index (χ0) is 20.6. The molecule has 1 aliphatic heterocycles. The SMILES string of the molecule is CCOc1ccc(/C=C/C(=O)Nc2ccccc2C(=O)N2CCN(C)CC2)cc1. The predicted molar refractivity (Wildman–Crippen MR) is 115 cm³/mol. The topological polar surface area (TPSA) is 61.9 Å². The van der Waals surface area contributed by atoms with Crippen molar-refractivity contribution >= 4 is 23.6 Å². The first-order valence-electron chi connectivity index (χ1n) is 9.85. The third-order valence-electron chi connectivity index (χ3n) is 4.82. The Labute approximate surface area is 171 Å². The Morgan fingerprint density at radius 1 is 1.03 bits per heavy atom. The van der Waals surface area contributed by atoms with Gasteiger partial charge in [-0.25, -0.2) is 0 Å². The maximum atomic E-state index is 12.9. The minimum atomic E-state index is -0.280. The van der Waals surface area contributed by atoms with Crippen molar-refractivity contribution in [1.29, 1.82) is 0 Å². The molecule has 2 aromatic rings. The number of rotatable bonds is 6. The highest BCUT2D eigenvalue weighted by molar-refractivity contribution is 6.07. The largest absolute Gasteiger partial charge is 0.494 e. The summed E-state index contributed by atoms with van der Waals surface area (Å²) in [6.45, 7) is 5.63. The van der Waals surface area contributed by atoms with Gasteiger partial charge in [-0.05, 0) is 49.9 Å². The van der Waals surface area contributed by atoms with E-state index in [4.69, 9.17) is 4.74 Å². The summed E-state index contributed by atoms with van der Waals surface area (Å²) in [6.07, 6.45) is 3.20. The number of piperazine rings is 1. The summed E-state index contributed by atoms with van der Waals surface area (Å²) in [7, 11) is 2.05. The molecule has 1 aliphatic rings. The van der Waals surface area contributed by atoms with Gasteiger partial charge in [0.15, 0.2) is 0 Å².